The van der Waals surface area contributed by atoms with Crippen molar-refractivity contribution in [2.45, 2.75) is 4.90 Å². The van der Waals surface area contributed by atoms with Crippen molar-refractivity contribution >= 4 is 62.3 Å². The molecule has 1 fully saturated rings. The molecule has 1 aliphatic rings. The first-order valence-corrected chi connectivity index (χ1v) is 12.7. The molecule has 1 saturated heterocycles. The molecule has 3 aromatic rings. The number of benzene rings is 3. The molecule has 11 heteroatoms. The molecule has 0 spiro atoms. The molecular formula is C24H17ClN2O6S2. The molecule has 0 aromatic heterocycles. The highest BCUT2D eigenvalue weighted by atomic mass is 35.5. The van der Waals surface area contributed by atoms with Crippen LogP contribution in [0.5, 0.6) is 5.75 Å². The van der Waals surface area contributed by atoms with Crippen LogP contribution in [0.4, 0.5) is 10.5 Å². The number of carbonyl (C=O) groups is 3. The molecule has 1 aliphatic heterocycles. The van der Waals surface area contributed by atoms with Gasteiger partial charge in [0.05, 0.1) is 4.91 Å². The smallest absolute Gasteiger partial charge is 0.339 e. The van der Waals surface area contributed by atoms with Crippen LogP contribution >= 0.6 is 23.4 Å². The number of para-hydroxylation sites is 1. The van der Waals surface area contributed by atoms with Gasteiger partial charge in [-0.3, -0.25) is 19.3 Å². The minimum atomic E-state index is -4.04. The second-order valence-corrected chi connectivity index (χ2v) is 10.2. The average molecular weight is 529 g/mol. The molecule has 0 saturated carbocycles. The number of thioether (sulfide) groups is 1. The topological polar surface area (TPSA) is 110 Å². The van der Waals surface area contributed by atoms with Crippen LogP contribution in [0, 0.1) is 0 Å². The number of carbonyl (C=O) groups excluding carboxylic acids is 3. The molecule has 0 bridgehead atoms. The zero-order valence-electron chi connectivity index (χ0n) is 17.9. The van der Waals surface area contributed by atoms with Gasteiger partial charge in [-0.25, -0.2) is 0 Å². The fourth-order valence-corrected chi connectivity index (χ4v) is 4.94. The van der Waals surface area contributed by atoms with Crippen molar-refractivity contribution in [3.8, 4) is 5.75 Å². The van der Waals surface area contributed by atoms with E-state index < -0.39 is 33.7 Å². The zero-order chi connectivity index (χ0) is 25.0. The molecule has 0 radical (unpaired) electrons. The number of imide groups is 1. The summed E-state index contributed by atoms with van der Waals surface area (Å²) in [6.07, 6.45) is 1.48. The van der Waals surface area contributed by atoms with Gasteiger partial charge >= 0.3 is 10.1 Å². The number of rotatable bonds is 7. The Morgan fingerprint density at radius 3 is 2.29 bits per heavy atom. The molecular weight excluding hydrogens is 512 g/mol. The average Bonchev–Trinajstić information content (AvgIpc) is 3.08. The summed E-state index contributed by atoms with van der Waals surface area (Å²) in [6.45, 7) is -0.410. The van der Waals surface area contributed by atoms with E-state index in [-0.39, 0.29) is 15.6 Å². The second-order valence-electron chi connectivity index (χ2n) is 7.24. The molecule has 4 rings (SSSR count). The summed E-state index contributed by atoms with van der Waals surface area (Å²) in [4.78, 5) is 38.2. The Labute approximate surface area is 210 Å². The highest BCUT2D eigenvalue weighted by Gasteiger charge is 2.36. The molecule has 8 nitrogen and oxygen atoms in total. The third kappa shape index (κ3) is 6.10. The van der Waals surface area contributed by atoms with Crippen LogP contribution in [0.15, 0.2) is 88.7 Å². The van der Waals surface area contributed by atoms with Crippen LogP contribution in [0.3, 0.4) is 0 Å². The fraction of sp³-hybridized carbons (Fsp3) is 0.0417. The van der Waals surface area contributed by atoms with Gasteiger partial charge in [-0.05, 0) is 71.9 Å². The van der Waals surface area contributed by atoms with E-state index in [9.17, 15) is 22.8 Å². The first-order chi connectivity index (χ1) is 16.7. The summed E-state index contributed by atoms with van der Waals surface area (Å²) < 4.78 is 29.9. The Bertz CT molecular complexity index is 1410. The Morgan fingerprint density at radius 1 is 0.971 bits per heavy atom. The lowest BCUT2D eigenvalue weighted by atomic mass is 10.2. The van der Waals surface area contributed by atoms with Crippen molar-refractivity contribution in [1.82, 2.24) is 4.90 Å². The zero-order valence-corrected chi connectivity index (χ0v) is 20.3. The number of nitrogens with one attached hydrogen (secondary N) is 1. The summed E-state index contributed by atoms with van der Waals surface area (Å²) >= 11 is 6.50. The monoisotopic (exact) mass is 528 g/mol. The van der Waals surface area contributed by atoms with Crippen molar-refractivity contribution < 1.29 is 27.0 Å². The first-order valence-electron chi connectivity index (χ1n) is 10.1. The van der Waals surface area contributed by atoms with Gasteiger partial charge in [0.15, 0.2) is 0 Å². The van der Waals surface area contributed by atoms with Crippen LogP contribution in [-0.4, -0.2) is 36.9 Å². The summed E-state index contributed by atoms with van der Waals surface area (Å²) in [5.41, 5.74) is 1.10. The van der Waals surface area contributed by atoms with Crippen molar-refractivity contribution in [3.05, 3.63) is 94.4 Å². The predicted octanol–water partition coefficient (Wildman–Crippen LogP) is 4.78. The van der Waals surface area contributed by atoms with E-state index in [4.69, 9.17) is 15.8 Å². The Balaban J connectivity index is 1.41. The summed E-state index contributed by atoms with van der Waals surface area (Å²) in [6, 6.07) is 20.2. The van der Waals surface area contributed by atoms with Gasteiger partial charge in [-0.15, -0.1) is 0 Å². The van der Waals surface area contributed by atoms with Crippen LogP contribution in [0.1, 0.15) is 5.56 Å². The summed E-state index contributed by atoms with van der Waals surface area (Å²) in [5, 5.41) is 2.47. The molecule has 0 aliphatic carbocycles. The highest BCUT2D eigenvalue weighted by molar-refractivity contribution is 8.18. The molecule has 178 valence electrons. The van der Waals surface area contributed by atoms with Crippen molar-refractivity contribution in [3.63, 3.8) is 0 Å². The van der Waals surface area contributed by atoms with Gasteiger partial charge < -0.3 is 9.50 Å². The van der Waals surface area contributed by atoms with Crippen LogP contribution in [0.25, 0.3) is 6.08 Å². The third-order valence-corrected chi connectivity index (χ3v) is 7.14. The van der Waals surface area contributed by atoms with Crippen molar-refractivity contribution in [2.75, 3.05) is 11.9 Å². The van der Waals surface area contributed by atoms with E-state index in [0.717, 1.165) is 16.7 Å². The van der Waals surface area contributed by atoms with E-state index in [0.29, 0.717) is 16.3 Å². The lowest BCUT2D eigenvalue weighted by Crippen LogP contribution is -2.36. The van der Waals surface area contributed by atoms with E-state index in [1.54, 1.807) is 42.5 Å². The van der Waals surface area contributed by atoms with Gasteiger partial charge in [0.1, 0.15) is 17.2 Å². The fourth-order valence-electron chi connectivity index (χ4n) is 3.05. The minimum Gasteiger partial charge on any atom is -0.379 e. The normalized spacial score (nSPS) is 14.9. The minimum absolute atomic E-state index is 0.0454. The van der Waals surface area contributed by atoms with E-state index in [1.165, 1.54) is 42.5 Å². The van der Waals surface area contributed by atoms with Crippen molar-refractivity contribution in [2.24, 2.45) is 0 Å². The summed E-state index contributed by atoms with van der Waals surface area (Å²) in [5.74, 6) is -1.01. The lowest BCUT2D eigenvalue weighted by Gasteiger charge is -2.12. The van der Waals surface area contributed by atoms with Gasteiger partial charge in [-0.1, -0.05) is 41.9 Å². The van der Waals surface area contributed by atoms with Crippen LogP contribution in [0.2, 0.25) is 5.02 Å². The Kier molecular flexibility index (Phi) is 7.25. The number of halogens is 1. The van der Waals surface area contributed by atoms with Gasteiger partial charge in [0, 0.05) is 10.7 Å². The number of nitrogens with zero attached hydrogens (tertiary/aromatic N) is 1. The van der Waals surface area contributed by atoms with Crippen molar-refractivity contribution in [1.29, 1.82) is 0 Å². The van der Waals surface area contributed by atoms with Gasteiger partial charge in [0.2, 0.25) is 5.91 Å². The molecule has 3 amide bonds. The highest BCUT2D eigenvalue weighted by Crippen LogP contribution is 2.32. The maximum Gasteiger partial charge on any atom is 0.339 e. The first kappa shape index (κ1) is 24.5. The second kappa shape index (κ2) is 10.3. The molecule has 35 heavy (non-hydrogen) atoms. The molecule has 0 unspecified atom stereocenters. The maximum absolute atomic E-state index is 12.7. The molecule has 0 atom stereocenters. The number of anilines is 1. The summed E-state index contributed by atoms with van der Waals surface area (Å²) in [7, 11) is -4.04. The number of hydrogen-bond donors (Lipinski definition) is 1. The maximum atomic E-state index is 12.7. The number of amides is 3. The van der Waals surface area contributed by atoms with Crippen LogP contribution in [-0.2, 0) is 19.7 Å². The molecule has 1 N–H and O–H groups in total. The molecule has 1 heterocycles. The SMILES string of the molecule is O=C(CN1C(=O)S/C(=C\c2ccc(OS(=O)(=O)c3ccc(Cl)cc3)cc2)C1=O)Nc1ccccc1. The molecule has 3 aromatic carbocycles. The third-order valence-electron chi connectivity index (χ3n) is 4.72. The quantitative estimate of drug-likeness (QED) is 0.347. The van der Waals surface area contributed by atoms with Crippen LogP contribution < -0.4 is 9.50 Å². The number of hydrogen-bond acceptors (Lipinski definition) is 7. The van der Waals surface area contributed by atoms with E-state index in [1.807, 2.05) is 0 Å². The Morgan fingerprint density at radius 2 is 1.63 bits per heavy atom. The van der Waals surface area contributed by atoms with E-state index >= 15 is 0 Å². The standard InChI is InChI=1S/C24H17ClN2O6S2/c25-17-8-12-20(13-9-17)35(31,32)33-19-10-6-16(7-11-19)14-21-23(29)27(24(30)34-21)15-22(28)26-18-4-2-1-3-5-18/h1-14H,15H2,(H,26,28)/b21-14-. The van der Waals surface area contributed by atoms with Gasteiger partial charge in [-0.2, -0.15) is 8.42 Å². The Hall–Kier alpha value is -3.60. The largest absolute Gasteiger partial charge is 0.379 e. The predicted molar refractivity (Wildman–Crippen MR) is 133 cm³/mol. The van der Waals surface area contributed by atoms with Gasteiger partial charge in [0.25, 0.3) is 11.1 Å². The lowest BCUT2D eigenvalue weighted by molar-refractivity contribution is -0.127. The van der Waals surface area contributed by atoms with E-state index in [2.05, 4.69) is 5.32 Å².